The fraction of sp³-hybridized carbons (Fsp3) is 0.929. The van der Waals surface area contributed by atoms with Crippen molar-refractivity contribution >= 4 is 21.8 Å². The van der Waals surface area contributed by atoms with Crippen LogP contribution in [-0.2, 0) is 9.53 Å². The van der Waals surface area contributed by atoms with Gasteiger partial charge in [-0.1, -0.05) is 29.8 Å². The van der Waals surface area contributed by atoms with Gasteiger partial charge in [-0.15, -0.1) is 0 Å². The average Bonchev–Trinajstić information content (AvgIpc) is 2.36. The molecule has 1 rings (SSSR count). The summed E-state index contributed by atoms with van der Waals surface area (Å²) in [6.07, 6.45) is 6.30. The van der Waals surface area contributed by atoms with Crippen LogP contribution in [-0.4, -0.2) is 30.0 Å². The first kappa shape index (κ1) is 16.0. The van der Waals surface area contributed by atoms with Crippen molar-refractivity contribution in [2.45, 2.75) is 64.5 Å². The number of alkyl halides is 1. The van der Waals surface area contributed by atoms with Crippen LogP contribution in [0.2, 0.25) is 0 Å². The second-order valence-electron chi connectivity index (χ2n) is 5.58. The molecular formula is C14H26BrNO2. The molecule has 0 aromatic rings. The molecule has 3 nitrogen and oxygen atoms in total. The predicted molar refractivity (Wildman–Crippen MR) is 78.0 cm³/mol. The molecule has 4 heteroatoms. The smallest absolute Gasteiger partial charge is 0.220 e. The van der Waals surface area contributed by atoms with Crippen LogP contribution < -0.4 is 5.32 Å². The van der Waals surface area contributed by atoms with Gasteiger partial charge in [0, 0.05) is 24.4 Å². The second kappa shape index (κ2) is 8.92. The van der Waals surface area contributed by atoms with Crippen LogP contribution >= 0.6 is 15.9 Å². The normalized spacial score (nSPS) is 21.9. The van der Waals surface area contributed by atoms with Gasteiger partial charge >= 0.3 is 0 Å². The zero-order valence-corrected chi connectivity index (χ0v) is 13.2. The quantitative estimate of drug-likeness (QED) is 0.731. The lowest BCUT2D eigenvalue weighted by atomic mass is 10.0. The highest BCUT2D eigenvalue weighted by Crippen LogP contribution is 2.17. The van der Waals surface area contributed by atoms with E-state index in [1.165, 1.54) is 12.8 Å². The third-order valence-corrected chi connectivity index (χ3v) is 4.06. The largest absolute Gasteiger partial charge is 0.378 e. The number of nitrogens with one attached hydrogen (secondary N) is 1. The molecule has 2 atom stereocenters. The van der Waals surface area contributed by atoms with E-state index in [1.54, 1.807) is 0 Å². The molecule has 1 heterocycles. The number of hydrogen-bond acceptors (Lipinski definition) is 2. The Morgan fingerprint density at radius 1 is 1.44 bits per heavy atom. The van der Waals surface area contributed by atoms with E-state index >= 15 is 0 Å². The molecule has 0 saturated carbocycles. The predicted octanol–water partition coefficient (Wildman–Crippen LogP) is 3.26. The molecule has 1 N–H and O–H groups in total. The van der Waals surface area contributed by atoms with E-state index in [0.717, 1.165) is 31.2 Å². The van der Waals surface area contributed by atoms with Gasteiger partial charge in [0.25, 0.3) is 0 Å². The second-order valence-corrected chi connectivity index (χ2v) is 6.22. The lowest BCUT2D eigenvalue weighted by Crippen LogP contribution is -2.37. The van der Waals surface area contributed by atoms with Crippen LogP contribution in [0.5, 0.6) is 0 Å². The summed E-state index contributed by atoms with van der Waals surface area (Å²) in [5, 5.41) is 3.93. The molecular weight excluding hydrogens is 294 g/mol. The summed E-state index contributed by atoms with van der Waals surface area (Å²) in [5.74, 6) is 0.767. The van der Waals surface area contributed by atoms with Gasteiger partial charge in [0.1, 0.15) is 0 Å². The fourth-order valence-electron chi connectivity index (χ4n) is 2.36. The van der Waals surface area contributed by atoms with Gasteiger partial charge in [-0.05, 0) is 38.0 Å². The van der Waals surface area contributed by atoms with Crippen LogP contribution in [0, 0.1) is 5.92 Å². The minimum atomic E-state index is 0.161. The maximum absolute atomic E-state index is 11.8. The molecule has 0 bridgehead atoms. The highest BCUT2D eigenvalue weighted by atomic mass is 79.9. The molecule has 0 aromatic heterocycles. The van der Waals surface area contributed by atoms with E-state index in [0.29, 0.717) is 18.4 Å². The molecule has 0 aliphatic carbocycles. The topological polar surface area (TPSA) is 38.3 Å². The van der Waals surface area contributed by atoms with Crippen molar-refractivity contribution in [2.24, 2.45) is 5.92 Å². The molecule has 18 heavy (non-hydrogen) atoms. The summed E-state index contributed by atoms with van der Waals surface area (Å²) in [6, 6.07) is 0.254. The maximum Gasteiger partial charge on any atom is 0.220 e. The summed E-state index contributed by atoms with van der Waals surface area (Å²) >= 11 is 3.46. The van der Waals surface area contributed by atoms with Gasteiger partial charge in [0.05, 0.1) is 6.10 Å². The van der Waals surface area contributed by atoms with E-state index in [4.69, 9.17) is 4.74 Å². The van der Waals surface area contributed by atoms with Crippen molar-refractivity contribution in [3.05, 3.63) is 0 Å². The Kier molecular flexibility index (Phi) is 7.91. The highest BCUT2D eigenvalue weighted by molar-refractivity contribution is 9.09. The molecule has 0 radical (unpaired) electrons. The lowest BCUT2D eigenvalue weighted by molar-refractivity contribution is -0.122. The summed E-state index contributed by atoms with van der Waals surface area (Å²) in [6.45, 7) is 5.22. The zero-order valence-electron chi connectivity index (χ0n) is 11.6. The van der Waals surface area contributed by atoms with Gasteiger partial charge in [-0.3, -0.25) is 4.79 Å². The van der Waals surface area contributed by atoms with E-state index < -0.39 is 0 Å². The maximum atomic E-state index is 11.8. The van der Waals surface area contributed by atoms with Crippen molar-refractivity contribution in [3.8, 4) is 0 Å². The molecule has 1 amide bonds. The minimum Gasteiger partial charge on any atom is -0.378 e. The first-order valence-corrected chi connectivity index (χ1v) is 8.21. The van der Waals surface area contributed by atoms with Crippen molar-refractivity contribution < 1.29 is 9.53 Å². The molecule has 1 saturated heterocycles. The molecule has 1 fully saturated rings. The van der Waals surface area contributed by atoms with Crippen LogP contribution in [0.1, 0.15) is 52.4 Å². The van der Waals surface area contributed by atoms with Gasteiger partial charge in [0.2, 0.25) is 5.91 Å². The molecule has 0 spiro atoms. The third-order valence-electron chi connectivity index (χ3n) is 3.27. The first-order valence-electron chi connectivity index (χ1n) is 7.08. The van der Waals surface area contributed by atoms with Crippen molar-refractivity contribution in [2.75, 3.05) is 11.9 Å². The monoisotopic (exact) mass is 319 g/mol. The SMILES string of the molecule is CC(C)CC(CBr)NC(=O)CCC1CCCCO1. The Balaban J connectivity index is 2.18. The Morgan fingerprint density at radius 2 is 2.22 bits per heavy atom. The van der Waals surface area contributed by atoms with E-state index in [9.17, 15) is 4.79 Å². The highest BCUT2D eigenvalue weighted by Gasteiger charge is 2.17. The molecule has 1 aliphatic heterocycles. The number of rotatable bonds is 7. The van der Waals surface area contributed by atoms with Gasteiger partial charge in [-0.2, -0.15) is 0 Å². The molecule has 106 valence electrons. The number of hydrogen-bond donors (Lipinski definition) is 1. The number of ether oxygens (including phenoxy) is 1. The van der Waals surface area contributed by atoms with E-state index in [-0.39, 0.29) is 11.9 Å². The summed E-state index contributed by atoms with van der Waals surface area (Å²) < 4.78 is 5.63. The molecule has 1 aliphatic rings. The average molecular weight is 320 g/mol. The summed E-state index contributed by atoms with van der Waals surface area (Å²) in [4.78, 5) is 11.8. The number of carbonyl (C=O) groups is 1. The van der Waals surface area contributed by atoms with Crippen LogP contribution in [0.4, 0.5) is 0 Å². The minimum absolute atomic E-state index is 0.161. The first-order chi connectivity index (χ1) is 8.61. The number of carbonyl (C=O) groups excluding carboxylic acids is 1. The Bertz CT molecular complexity index is 240. The standard InChI is InChI=1S/C14H26BrNO2/c1-11(2)9-12(10-15)16-14(17)7-6-13-5-3-4-8-18-13/h11-13H,3-10H2,1-2H3,(H,16,17). The Morgan fingerprint density at radius 3 is 2.78 bits per heavy atom. The van der Waals surface area contributed by atoms with Crippen molar-refractivity contribution in [1.82, 2.24) is 5.32 Å². The third kappa shape index (κ3) is 6.74. The Hall–Kier alpha value is -0.0900. The Labute approximate surface area is 119 Å². The van der Waals surface area contributed by atoms with E-state index in [1.807, 2.05) is 0 Å². The fourth-order valence-corrected chi connectivity index (χ4v) is 2.78. The molecule has 0 aromatic carbocycles. The van der Waals surface area contributed by atoms with Crippen molar-refractivity contribution in [1.29, 1.82) is 0 Å². The van der Waals surface area contributed by atoms with E-state index in [2.05, 4.69) is 35.1 Å². The van der Waals surface area contributed by atoms with Crippen LogP contribution in [0.15, 0.2) is 0 Å². The summed E-state index contributed by atoms with van der Waals surface area (Å²) in [7, 11) is 0. The number of halogens is 1. The van der Waals surface area contributed by atoms with Crippen LogP contribution in [0.3, 0.4) is 0 Å². The van der Waals surface area contributed by atoms with Crippen molar-refractivity contribution in [3.63, 3.8) is 0 Å². The van der Waals surface area contributed by atoms with Crippen LogP contribution in [0.25, 0.3) is 0 Å². The lowest BCUT2D eigenvalue weighted by Gasteiger charge is -2.23. The zero-order chi connectivity index (χ0) is 13.4. The van der Waals surface area contributed by atoms with Gasteiger partial charge in [-0.25, -0.2) is 0 Å². The number of amides is 1. The van der Waals surface area contributed by atoms with Gasteiger partial charge in [0.15, 0.2) is 0 Å². The summed E-state index contributed by atoms with van der Waals surface area (Å²) in [5.41, 5.74) is 0. The molecule has 2 unspecified atom stereocenters. The van der Waals surface area contributed by atoms with Gasteiger partial charge < -0.3 is 10.1 Å².